The number of hydrogen-bond donors (Lipinski definition) is 1. The lowest BCUT2D eigenvalue weighted by Gasteiger charge is -2.06. The number of anilines is 1. The molecule has 0 unspecified atom stereocenters. The second kappa shape index (κ2) is 7.24. The van der Waals surface area contributed by atoms with Crippen LogP contribution in [0.1, 0.15) is 29.4 Å². The Hall–Kier alpha value is -1.14. The Morgan fingerprint density at radius 3 is 2.82 bits per heavy atom. The highest BCUT2D eigenvalue weighted by atomic mass is 32.1. The molecule has 0 spiro atoms. The molecule has 0 radical (unpaired) electrons. The Bertz CT molecular complexity index is 366. The molecule has 6 heteroatoms. The highest BCUT2D eigenvalue weighted by Gasteiger charge is 2.18. The maximum atomic E-state index is 11.8. The summed E-state index contributed by atoms with van der Waals surface area (Å²) in [6.07, 6.45) is 0.964. The van der Waals surface area contributed by atoms with Gasteiger partial charge in [0.1, 0.15) is 17.2 Å². The Labute approximate surface area is 105 Å². The van der Waals surface area contributed by atoms with Gasteiger partial charge < -0.3 is 14.8 Å². The number of nitrogens with zero attached hydrogens (tertiary/aromatic N) is 1. The van der Waals surface area contributed by atoms with Gasteiger partial charge >= 0.3 is 5.97 Å². The van der Waals surface area contributed by atoms with E-state index in [-0.39, 0.29) is 12.6 Å². The van der Waals surface area contributed by atoms with Crippen molar-refractivity contribution in [3.8, 4) is 0 Å². The lowest BCUT2D eigenvalue weighted by atomic mass is 10.2. The molecule has 0 bridgehead atoms. The molecule has 5 nitrogen and oxygen atoms in total. The van der Waals surface area contributed by atoms with Crippen LogP contribution < -0.4 is 5.32 Å². The molecule has 1 aromatic heterocycles. The number of rotatable bonds is 7. The van der Waals surface area contributed by atoms with Crippen molar-refractivity contribution >= 4 is 22.5 Å². The topological polar surface area (TPSA) is 60.5 Å². The number of carbonyl (C=O) groups excluding carboxylic acids is 1. The third kappa shape index (κ3) is 3.98. The zero-order valence-electron chi connectivity index (χ0n) is 10.4. The molecular weight excluding hydrogens is 240 g/mol. The van der Waals surface area contributed by atoms with E-state index in [2.05, 4.69) is 9.69 Å². The van der Waals surface area contributed by atoms with Crippen molar-refractivity contribution < 1.29 is 14.3 Å². The quantitative estimate of drug-likeness (QED) is 0.599. The van der Waals surface area contributed by atoms with E-state index in [9.17, 15) is 4.79 Å². The van der Waals surface area contributed by atoms with Gasteiger partial charge in [0.25, 0.3) is 0 Å². The van der Waals surface area contributed by atoms with Crippen molar-refractivity contribution in [1.82, 2.24) is 4.37 Å². The van der Waals surface area contributed by atoms with Gasteiger partial charge in [0.15, 0.2) is 0 Å². The van der Waals surface area contributed by atoms with E-state index < -0.39 is 0 Å². The Kier molecular flexibility index (Phi) is 5.93. The van der Waals surface area contributed by atoms with Crippen molar-refractivity contribution in [2.75, 3.05) is 32.2 Å². The number of aromatic nitrogens is 1. The summed E-state index contributed by atoms with van der Waals surface area (Å²) in [5.41, 5.74) is 1.21. The summed E-state index contributed by atoms with van der Waals surface area (Å²) in [7, 11) is 1.76. The second-order valence-corrected chi connectivity index (χ2v) is 4.24. The molecule has 0 saturated heterocycles. The summed E-state index contributed by atoms with van der Waals surface area (Å²) < 4.78 is 14.5. The number of ether oxygens (including phenoxy) is 2. The van der Waals surface area contributed by atoms with Gasteiger partial charge in [-0.1, -0.05) is 6.92 Å². The standard InChI is InChI=1S/C11H18N2O3S/c1-4-5-15-6-7-16-11(14)9-8(2)13-17-10(9)12-3/h12H,4-7H2,1-3H3. The molecule has 1 aromatic rings. The van der Waals surface area contributed by atoms with Crippen LogP contribution in [0.25, 0.3) is 0 Å². The molecule has 17 heavy (non-hydrogen) atoms. The largest absolute Gasteiger partial charge is 0.460 e. The van der Waals surface area contributed by atoms with Gasteiger partial charge in [-0.05, 0) is 24.9 Å². The molecule has 0 aromatic carbocycles. The summed E-state index contributed by atoms with van der Waals surface area (Å²) in [4.78, 5) is 11.8. The predicted octanol–water partition coefficient (Wildman–Crippen LogP) is 2.08. The van der Waals surface area contributed by atoms with E-state index in [0.717, 1.165) is 11.4 Å². The molecule has 0 fully saturated rings. The minimum atomic E-state index is -0.347. The Morgan fingerprint density at radius 2 is 2.18 bits per heavy atom. The van der Waals surface area contributed by atoms with Crippen molar-refractivity contribution in [3.05, 3.63) is 11.3 Å². The van der Waals surface area contributed by atoms with E-state index in [1.807, 2.05) is 6.92 Å². The third-order valence-electron chi connectivity index (χ3n) is 2.10. The zero-order chi connectivity index (χ0) is 12.7. The van der Waals surface area contributed by atoms with Crippen LogP contribution in [0.2, 0.25) is 0 Å². The van der Waals surface area contributed by atoms with Crippen LogP contribution >= 0.6 is 11.5 Å². The fourth-order valence-corrected chi connectivity index (χ4v) is 2.03. The highest BCUT2D eigenvalue weighted by molar-refractivity contribution is 7.10. The second-order valence-electron chi connectivity index (χ2n) is 3.47. The molecule has 0 saturated carbocycles. The molecule has 0 atom stereocenters. The number of carbonyl (C=O) groups is 1. The minimum absolute atomic E-state index is 0.275. The van der Waals surface area contributed by atoms with Crippen molar-refractivity contribution in [1.29, 1.82) is 0 Å². The van der Waals surface area contributed by atoms with Gasteiger partial charge in [-0.3, -0.25) is 0 Å². The molecular formula is C11H18N2O3S. The maximum Gasteiger partial charge on any atom is 0.343 e. The predicted molar refractivity (Wildman–Crippen MR) is 67.8 cm³/mol. The SMILES string of the molecule is CCCOCCOC(=O)c1c(C)nsc1NC. The van der Waals surface area contributed by atoms with E-state index in [4.69, 9.17) is 9.47 Å². The Balaban J connectivity index is 2.44. The fraction of sp³-hybridized carbons (Fsp3) is 0.636. The van der Waals surface area contributed by atoms with Crippen LogP contribution in [0.5, 0.6) is 0 Å². The van der Waals surface area contributed by atoms with Crippen LogP contribution in [-0.2, 0) is 9.47 Å². The molecule has 0 aliphatic rings. The number of nitrogens with one attached hydrogen (secondary N) is 1. The van der Waals surface area contributed by atoms with Gasteiger partial charge in [-0.25, -0.2) is 4.79 Å². The smallest absolute Gasteiger partial charge is 0.343 e. The molecule has 0 amide bonds. The molecule has 0 aliphatic heterocycles. The third-order valence-corrected chi connectivity index (χ3v) is 3.06. The normalized spacial score (nSPS) is 10.3. The molecule has 96 valence electrons. The van der Waals surface area contributed by atoms with Gasteiger partial charge in [0.05, 0.1) is 12.3 Å². The highest BCUT2D eigenvalue weighted by Crippen LogP contribution is 2.24. The summed E-state index contributed by atoms with van der Waals surface area (Å²) in [6, 6.07) is 0. The van der Waals surface area contributed by atoms with E-state index in [1.54, 1.807) is 14.0 Å². The van der Waals surface area contributed by atoms with Crippen LogP contribution in [0.4, 0.5) is 5.00 Å². The van der Waals surface area contributed by atoms with Crippen molar-refractivity contribution in [2.24, 2.45) is 0 Å². The van der Waals surface area contributed by atoms with Crippen LogP contribution in [0.3, 0.4) is 0 Å². The van der Waals surface area contributed by atoms with Crippen molar-refractivity contribution in [3.63, 3.8) is 0 Å². The minimum Gasteiger partial charge on any atom is -0.460 e. The first kappa shape index (κ1) is 13.9. The first-order valence-electron chi connectivity index (χ1n) is 5.59. The lowest BCUT2D eigenvalue weighted by molar-refractivity contribution is 0.0319. The zero-order valence-corrected chi connectivity index (χ0v) is 11.2. The number of esters is 1. The summed E-state index contributed by atoms with van der Waals surface area (Å²) in [5.74, 6) is -0.347. The van der Waals surface area contributed by atoms with E-state index >= 15 is 0 Å². The summed E-state index contributed by atoms with van der Waals surface area (Å²) >= 11 is 1.26. The van der Waals surface area contributed by atoms with Gasteiger partial charge in [-0.15, -0.1) is 0 Å². The van der Waals surface area contributed by atoms with E-state index in [0.29, 0.717) is 24.5 Å². The molecule has 0 aliphatic carbocycles. The molecule has 1 heterocycles. The fourth-order valence-electron chi connectivity index (χ4n) is 1.29. The summed E-state index contributed by atoms with van der Waals surface area (Å²) in [5, 5.41) is 3.67. The number of hydrogen-bond acceptors (Lipinski definition) is 6. The van der Waals surface area contributed by atoms with Crippen LogP contribution in [0.15, 0.2) is 0 Å². The van der Waals surface area contributed by atoms with Gasteiger partial charge in [0, 0.05) is 13.7 Å². The first-order valence-corrected chi connectivity index (χ1v) is 6.37. The summed E-state index contributed by atoms with van der Waals surface area (Å²) in [6.45, 7) is 5.23. The molecule has 1 rings (SSSR count). The van der Waals surface area contributed by atoms with Crippen LogP contribution in [0, 0.1) is 6.92 Å². The lowest BCUT2D eigenvalue weighted by Crippen LogP contribution is -2.12. The average molecular weight is 258 g/mol. The first-order chi connectivity index (χ1) is 8.20. The molecule has 1 N–H and O–H groups in total. The maximum absolute atomic E-state index is 11.8. The average Bonchev–Trinajstić information content (AvgIpc) is 2.70. The van der Waals surface area contributed by atoms with Gasteiger partial charge in [0.2, 0.25) is 0 Å². The van der Waals surface area contributed by atoms with Gasteiger partial charge in [-0.2, -0.15) is 4.37 Å². The van der Waals surface area contributed by atoms with Crippen LogP contribution in [-0.4, -0.2) is 37.2 Å². The Morgan fingerprint density at radius 1 is 1.41 bits per heavy atom. The van der Waals surface area contributed by atoms with E-state index in [1.165, 1.54) is 11.5 Å². The number of aryl methyl sites for hydroxylation is 1. The van der Waals surface area contributed by atoms with Crippen molar-refractivity contribution in [2.45, 2.75) is 20.3 Å². The monoisotopic (exact) mass is 258 g/mol.